The van der Waals surface area contributed by atoms with Crippen molar-refractivity contribution in [2.45, 2.75) is 18.3 Å². The van der Waals surface area contributed by atoms with Gasteiger partial charge in [0.2, 0.25) is 11.4 Å². The fraction of sp³-hybridized carbons (Fsp3) is 0.125. The first kappa shape index (κ1) is 24.0. The molecule has 0 aliphatic carbocycles. The molecule has 0 saturated heterocycles. The number of fused-ring (bicyclic) bond motifs is 3. The highest BCUT2D eigenvalue weighted by atomic mass is 19.4. The molecular weight excluding hydrogens is 506 g/mol. The van der Waals surface area contributed by atoms with Gasteiger partial charge in [0.25, 0.3) is 6.01 Å². The summed E-state index contributed by atoms with van der Waals surface area (Å²) in [5.41, 5.74) is 1.98. The summed E-state index contributed by atoms with van der Waals surface area (Å²) >= 11 is 0. The summed E-state index contributed by atoms with van der Waals surface area (Å²) in [4.78, 5) is 16.8. The van der Waals surface area contributed by atoms with E-state index in [0.29, 0.717) is 0 Å². The molecule has 1 aliphatic heterocycles. The Morgan fingerprint density at radius 1 is 1.00 bits per heavy atom. The number of nitrogens with zero attached hydrogens (tertiary/aromatic N) is 3. The lowest BCUT2D eigenvalue weighted by Crippen LogP contribution is -2.35. The summed E-state index contributed by atoms with van der Waals surface area (Å²) in [5, 5.41) is 9.62. The molecule has 1 aliphatic rings. The number of hydrogen-bond acceptors (Lipinski definition) is 6. The van der Waals surface area contributed by atoms with E-state index in [4.69, 9.17) is 14.6 Å². The van der Waals surface area contributed by atoms with Gasteiger partial charge < -0.3 is 14.6 Å². The minimum Gasteiger partial charge on any atom is -0.406 e. The van der Waals surface area contributed by atoms with Crippen LogP contribution in [0, 0.1) is 11.3 Å². The maximum Gasteiger partial charge on any atom is 0.416 e. The van der Waals surface area contributed by atoms with Gasteiger partial charge in [0, 0.05) is 0 Å². The zero-order chi connectivity index (χ0) is 26.7. The van der Waals surface area contributed by atoms with Crippen molar-refractivity contribution in [3.05, 3.63) is 97.8 Å². The zero-order valence-corrected chi connectivity index (χ0v) is 18.2. The Morgan fingerprint density at radius 2 is 1.65 bits per heavy atom. The molecule has 2 aromatic carbocycles. The molecule has 4 aromatic rings. The smallest absolute Gasteiger partial charge is 0.406 e. The maximum absolute atomic E-state index is 13.4. The number of nitriles is 1. The molecular formula is C24H12F6N4O3. The van der Waals surface area contributed by atoms with Gasteiger partial charge in [0.1, 0.15) is 22.7 Å². The first-order chi connectivity index (χ1) is 17.4. The number of hydrogen-bond donors (Lipinski definition) is 1. The monoisotopic (exact) mass is 518 g/mol. The first-order valence-electron chi connectivity index (χ1n) is 10.4. The Morgan fingerprint density at radius 3 is 2.30 bits per heavy atom. The van der Waals surface area contributed by atoms with E-state index < -0.39 is 41.0 Å². The highest BCUT2D eigenvalue weighted by molar-refractivity contribution is 5.73. The predicted molar refractivity (Wildman–Crippen MR) is 115 cm³/mol. The van der Waals surface area contributed by atoms with E-state index in [1.807, 2.05) is 6.07 Å². The first-order valence-corrected chi connectivity index (χ1v) is 10.4. The van der Waals surface area contributed by atoms with Crippen LogP contribution in [-0.2, 0) is 12.4 Å². The normalized spacial score (nSPS) is 15.9. The Hall–Kier alpha value is -4.73. The maximum atomic E-state index is 13.4. The average Bonchev–Trinajstić information content (AvgIpc) is 3.36. The Bertz CT molecular complexity index is 1770. The van der Waals surface area contributed by atoms with Crippen molar-refractivity contribution in [3.63, 3.8) is 0 Å². The summed E-state index contributed by atoms with van der Waals surface area (Å²) in [6, 6.07) is 9.69. The third kappa shape index (κ3) is 4.06. The van der Waals surface area contributed by atoms with Gasteiger partial charge >= 0.3 is 18.0 Å². The topological polar surface area (TPSA) is 111 Å². The number of oxazole rings is 2. The largest absolute Gasteiger partial charge is 0.416 e. The third-order valence-electron chi connectivity index (χ3n) is 5.67. The molecule has 37 heavy (non-hydrogen) atoms. The van der Waals surface area contributed by atoms with Crippen LogP contribution in [0.5, 0.6) is 0 Å². The van der Waals surface area contributed by atoms with Crippen LogP contribution in [-0.4, -0.2) is 9.55 Å². The Balaban J connectivity index is 1.81. The second kappa shape index (κ2) is 8.16. The molecule has 0 fully saturated rings. The van der Waals surface area contributed by atoms with Gasteiger partial charge in [-0.1, -0.05) is 30.3 Å². The highest BCUT2D eigenvalue weighted by Crippen LogP contribution is 2.40. The van der Waals surface area contributed by atoms with Gasteiger partial charge in [0.15, 0.2) is 0 Å². The molecule has 7 nitrogen and oxygen atoms in total. The molecule has 3 heterocycles. The van der Waals surface area contributed by atoms with Crippen LogP contribution in [0.2, 0.25) is 0 Å². The van der Waals surface area contributed by atoms with Crippen LogP contribution < -0.4 is 22.3 Å². The molecule has 0 amide bonds. The molecule has 2 aromatic heterocycles. The van der Waals surface area contributed by atoms with E-state index in [1.54, 1.807) is 0 Å². The van der Waals surface area contributed by atoms with Gasteiger partial charge in [0.05, 0.1) is 17.0 Å². The van der Waals surface area contributed by atoms with Crippen LogP contribution in [0.4, 0.5) is 32.4 Å². The number of nitrogens with two attached hydrogens (primary N) is 1. The lowest BCUT2D eigenvalue weighted by molar-refractivity contribution is -0.138. The van der Waals surface area contributed by atoms with E-state index in [0.717, 1.165) is 47.0 Å². The molecule has 1 atom stereocenters. The molecule has 0 bridgehead atoms. The van der Waals surface area contributed by atoms with E-state index in [9.17, 15) is 36.4 Å². The number of aromatic nitrogens is 2. The zero-order valence-electron chi connectivity index (χ0n) is 18.2. The Kier molecular flexibility index (Phi) is 5.29. The van der Waals surface area contributed by atoms with E-state index in [1.165, 1.54) is 12.1 Å². The third-order valence-corrected chi connectivity index (χ3v) is 5.67. The summed E-state index contributed by atoms with van der Waals surface area (Å²) in [5.74, 6) is -1.46. The quantitative estimate of drug-likeness (QED) is 0.406. The summed E-state index contributed by atoms with van der Waals surface area (Å²) < 4.78 is 91.2. The number of rotatable bonds is 2. The molecule has 0 radical (unpaired) electrons. The fourth-order valence-electron chi connectivity index (χ4n) is 4.13. The molecule has 0 saturated carbocycles. The highest BCUT2D eigenvalue weighted by Gasteiger charge is 2.38. The van der Waals surface area contributed by atoms with E-state index in [-0.39, 0.29) is 39.2 Å². The van der Waals surface area contributed by atoms with Gasteiger partial charge in [-0.05, 0) is 35.4 Å². The number of anilines is 1. The minimum absolute atomic E-state index is 0.000526. The van der Waals surface area contributed by atoms with Crippen LogP contribution in [0.15, 0.2) is 62.2 Å². The van der Waals surface area contributed by atoms with E-state index >= 15 is 0 Å². The minimum atomic E-state index is -4.68. The van der Waals surface area contributed by atoms with Crippen molar-refractivity contribution in [3.8, 4) is 12.0 Å². The van der Waals surface area contributed by atoms with Crippen molar-refractivity contribution in [1.82, 2.24) is 9.55 Å². The summed E-state index contributed by atoms with van der Waals surface area (Å²) in [6.07, 6.45) is -8.23. The lowest BCUT2D eigenvalue weighted by Gasteiger charge is -2.20. The van der Waals surface area contributed by atoms with Crippen molar-refractivity contribution in [2.75, 3.05) is 5.73 Å². The van der Waals surface area contributed by atoms with Crippen LogP contribution in [0.25, 0.3) is 17.5 Å². The molecule has 2 N–H and O–H groups in total. The number of benzene rings is 2. The molecule has 5 rings (SSSR count). The molecule has 188 valence electrons. The van der Waals surface area contributed by atoms with Crippen molar-refractivity contribution in [2.24, 2.45) is 0 Å². The Labute approximate surface area is 202 Å². The molecule has 0 unspecified atom stereocenters. The number of alkyl halides is 6. The van der Waals surface area contributed by atoms with Gasteiger partial charge in [-0.25, -0.2) is 9.36 Å². The second-order valence-corrected chi connectivity index (χ2v) is 8.01. The van der Waals surface area contributed by atoms with Crippen molar-refractivity contribution >= 4 is 17.7 Å². The molecule has 0 spiro atoms. The van der Waals surface area contributed by atoms with Gasteiger partial charge in [-0.2, -0.15) is 36.6 Å². The summed E-state index contributed by atoms with van der Waals surface area (Å²) in [7, 11) is 0. The van der Waals surface area contributed by atoms with Crippen LogP contribution in [0.1, 0.15) is 33.9 Å². The van der Waals surface area contributed by atoms with Gasteiger partial charge in [-0.15, -0.1) is 0 Å². The van der Waals surface area contributed by atoms with Crippen molar-refractivity contribution in [1.29, 1.82) is 5.26 Å². The van der Waals surface area contributed by atoms with Crippen LogP contribution in [0.3, 0.4) is 0 Å². The van der Waals surface area contributed by atoms with Gasteiger partial charge in [-0.3, -0.25) is 0 Å². The number of nitrogen functional groups attached to an aromatic ring is 1. The lowest BCUT2D eigenvalue weighted by atomic mass is 9.87. The van der Waals surface area contributed by atoms with Crippen LogP contribution >= 0.6 is 0 Å². The predicted octanol–water partition coefficient (Wildman–Crippen LogP) is 3.69. The standard InChI is InChI=1S/C24H12F6N4O3/c25-23(26,27)13-5-1-3-11(7-13)8-16-21(35)36-19-15(10-31)17(18-20(34(16)19)37-22(32)33-18)12-4-2-6-14(9-12)24(28,29)30/h1-9,17H,(H2,32,33)/b16-8+/t17-/m1/s1. The molecule has 13 heteroatoms. The fourth-order valence-corrected chi connectivity index (χ4v) is 4.13. The summed E-state index contributed by atoms with van der Waals surface area (Å²) in [6.45, 7) is 0. The van der Waals surface area contributed by atoms with E-state index in [2.05, 4.69) is 4.98 Å². The number of halogens is 6. The van der Waals surface area contributed by atoms with Crippen molar-refractivity contribution < 1.29 is 35.2 Å². The second-order valence-electron chi connectivity index (χ2n) is 8.01. The SMILES string of the molecule is N#CC1=c2oc(=O)/c(=C\c3cccc(C(F)(F)F)c3)n2-c2oc(N)nc2[C@@H]1c1cccc(C(F)(F)F)c1. The average molecular weight is 518 g/mol.